The minimum atomic E-state index is -0.438. The normalized spacial score (nSPS) is 11.8. The summed E-state index contributed by atoms with van der Waals surface area (Å²) >= 11 is 0. The number of likely N-dealkylation sites (N-methyl/N-ethyl adjacent to an activating group) is 1. The van der Waals surface area contributed by atoms with Gasteiger partial charge in [0.2, 0.25) is 5.91 Å². The molecule has 20 heavy (non-hydrogen) atoms. The maximum Gasteiger partial charge on any atom is 0.251 e. The van der Waals surface area contributed by atoms with Gasteiger partial charge in [-0.15, -0.1) is 0 Å². The minimum absolute atomic E-state index is 0.0382. The molecule has 0 aliphatic heterocycles. The summed E-state index contributed by atoms with van der Waals surface area (Å²) in [7, 11) is 1.66. The second kappa shape index (κ2) is 7.65. The molecule has 2 N–H and O–H groups in total. The molecule has 110 valence electrons. The van der Waals surface area contributed by atoms with Crippen LogP contribution in [0.3, 0.4) is 0 Å². The van der Waals surface area contributed by atoms with Crippen molar-refractivity contribution in [1.82, 2.24) is 10.2 Å². The maximum absolute atomic E-state index is 11.9. The van der Waals surface area contributed by atoms with E-state index in [1.54, 1.807) is 26.1 Å². The molecular weight excluding hydrogens is 256 g/mol. The number of aryl methyl sites for hydroxylation is 1. The molecule has 0 aliphatic rings. The molecule has 0 spiro atoms. The largest absolute Gasteiger partial charge is 0.393 e. The fourth-order valence-electron chi connectivity index (χ4n) is 1.72. The van der Waals surface area contributed by atoms with Gasteiger partial charge in [0.25, 0.3) is 5.91 Å². The molecule has 1 atom stereocenters. The average Bonchev–Trinajstić information content (AvgIpc) is 2.42. The van der Waals surface area contributed by atoms with Crippen molar-refractivity contribution < 1.29 is 14.7 Å². The number of hydrogen-bond donors (Lipinski definition) is 2. The van der Waals surface area contributed by atoms with Crippen molar-refractivity contribution in [3.63, 3.8) is 0 Å². The van der Waals surface area contributed by atoms with Crippen LogP contribution in [0, 0.1) is 6.92 Å². The molecule has 0 aliphatic carbocycles. The Morgan fingerprint density at radius 1 is 1.35 bits per heavy atom. The van der Waals surface area contributed by atoms with E-state index in [4.69, 9.17) is 0 Å². The van der Waals surface area contributed by atoms with E-state index in [2.05, 4.69) is 5.32 Å². The molecule has 1 aromatic carbocycles. The Kier molecular flexibility index (Phi) is 6.18. The first-order valence-electron chi connectivity index (χ1n) is 6.67. The molecule has 0 aromatic heterocycles. The molecule has 0 saturated heterocycles. The molecule has 0 fully saturated rings. The van der Waals surface area contributed by atoms with E-state index < -0.39 is 6.10 Å². The maximum atomic E-state index is 11.9. The van der Waals surface area contributed by atoms with Gasteiger partial charge in [0.15, 0.2) is 0 Å². The van der Waals surface area contributed by atoms with Crippen LogP contribution in [-0.2, 0) is 4.79 Å². The van der Waals surface area contributed by atoms with Crippen LogP contribution in [0.25, 0.3) is 0 Å². The second-order valence-corrected chi connectivity index (χ2v) is 4.95. The number of nitrogens with one attached hydrogen (secondary N) is 1. The Hall–Kier alpha value is -1.88. The molecule has 0 bridgehead atoms. The summed E-state index contributed by atoms with van der Waals surface area (Å²) in [5, 5.41) is 11.8. The third kappa shape index (κ3) is 5.01. The molecule has 1 unspecified atom stereocenters. The zero-order chi connectivity index (χ0) is 15.1. The van der Waals surface area contributed by atoms with Crippen molar-refractivity contribution in [2.45, 2.75) is 26.4 Å². The number of amides is 2. The Morgan fingerprint density at radius 3 is 2.60 bits per heavy atom. The smallest absolute Gasteiger partial charge is 0.251 e. The summed E-state index contributed by atoms with van der Waals surface area (Å²) in [6, 6.07) is 7.23. The molecule has 1 aromatic rings. The highest BCUT2D eigenvalue weighted by Gasteiger charge is 2.13. The van der Waals surface area contributed by atoms with E-state index in [9.17, 15) is 14.7 Å². The van der Waals surface area contributed by atoms with Crippen LogP contribution in [0.5, 0.6) is 0 Å². The number of nitrogens with zero attached hydrogens (tertiary/aromatic N) is 1. The first-order valence-corrected chi connectivity index (χ1v) is 6.67. The topological polar surface area (TPSA) is 69.6 Å². The summed E-state index contributed by atoms with van der Waals surface area (Å²) in [5.74, 6) is -0.423. The molecule has 0 heterocycles. The van der Waals surface area contributed by atoms with Gasteiger partial charge in [0.1, 0.15) is 0 Å². The number of benzene rings is 1. The van der Waals surface area contributed by atoms with Gasteiger partial charge in [-0.05, 0) is 31.9 Å². The lowest BCUT2D eigenvalue weighted by atomic mass is 10.1. The summed E-state index contributed by atoms with van der Waals surface area (Å²) in [5.41, 5.74) is 1.45. The molecule has 2 amide bonds. The van der Waals surface area contributed by atoms with Crippen molar-refractivity contribution in [3.05, 3.63) is 35.4 Å². The molecule has 5 heteroatoms. The van der Waals surface area contributed by atoms with Crippen LogP contribution in [0.1, 0.15) is 29.3 Å². The molecule has 1 rings (SSSR count). The summed E-state index contributed by atoms with van der Waals surface area (Å²) in [6.45, 7) is 3.96. The highest BCUT2D eigenvalue weighted by atomic mass is 16.3. The van der Waals surface area contributed by atoms with Crippen LogP contribution in [0.2, 0.25) is 0 Å². The summed E-state index contributed by atoms with van der Waals surface area (Å²) in [6.07, 6.45) is 0.0837. The Morgan fingerprint density at radius 2 is 2.00 bits per heavy atom. The SMILES string of the molecule is Cc1ccccc1C(=O)NCC(=O)N(C)CCC(C)O. The standard InChI is InChI=1S/C15H22N2O3/c1-11-6-4-5-7-13(11)15(20)16-10-14(19)17(3)9-8-12(2)18/h4-7,12,18H,8-10H2,1-3H3,(H,16,20). The van der Waals surface area contributed by atoms with Crippen LogP contribution < -0.4 is 5.32 Å². The predicted molar refractivity (Wildman–Crippen MR) is 77.4 cm³/mol. The number of aliphatic hydroxyl groups excluding tert-OH is 1. The Balaban J connectivity index is 2.45. The van der Waals surface area contributed by atoms with Crippen LogP contribution in [0.15, 0.2) is 24.3 Å². The fourth-order valence-corrected chi connectivity index (χ4v) is 1.72. The van der Waals surface area contributed by atoms with Gasteiger partial charge in [-0.3, -0.25) is 9.59 Å². The fraction of sp³-hybridized carbons (Fsp3) is 0.467. The lowest BCUT2D eigenvalue weighted by Crippen LogP contribution is -2.39. The van der Waals surface area contributed by atoms with Crippen molar-refractivity contribution in [3.8, 4) is 0 Å². The first kappa shape index (κ1) is 16.2. The quantitative estimate of drug-likeness (QED) is 0.814. The first-order chi connectivity index (χ1) is 9.41. The number of aliphatic hydroxyl groups is 1. The zero-order valence-electron chi connectivity index (χ0n) is 12.2. The minimum Gasteiger partial charge on any atom is -0.393 e. The van der Waals surface area contributed by atoms with E-state index in [-0.39, 0.29) is 18.4 Å². The van der Waals surface area contributed by atoms with Crippen molar-refractivity contribution in [2.75, 3.05) is 20.1 Å². The van der Waals surface area contributed by atoms with Gasteiger partial charge in [0.05, 0.1) is 12.6 Å². The Labute approximate surface area is 119 Å². The number of carbonyl (C=O) groups is 2. The molecule has 0 radical (unpaired) electrons. The number of rotatable bonds is 6. The second-order valence-electron chi connectivity index (χ2n) is 4.95. The van der Waals surface area contributed by atoms with Gasteiger partial charge in [0, 0.05) is 19.2 Å². The van der Waals surface area contributed by atoms with Crippen molar-refractivity contribution in [2.24, 2.45) is 0 Å². The van der Waals surface area contributed by atoms with E-state index in [0.29, 0.717) is 18.5 Å². The highest BCUT2D eigenvalue weighted by Crippen LogP contribution is 2.06. The zero-order valence-corrected chi connectivity index (χ0v) is 12.2. The number of carbonyl (C=O) groups excluding carboxylic acids is 2. The molecule has 5 nitrogen and oxygen atoms in total. The molecular formula is C15H22N2O3. The van der Waals surface area contributed by atoms with E-state index in [1.165, 1.54) is 4.90 Å². The van der Waals surface area contributed by atoms with Crippen LogP contribution in [0.4, 0.5) is 0 Å². The Bertz CT molecular complexity index is 472. The van der Waals surface area contributed by atoms with Crippen LogP contribution in [-0.4, -0.2) is 48.1 Å². The van der Waals surface area contributed by atoms with E-state index >= 15 is 0 Å². The molecule has 0 saturated carbocycles. The number of hydrogen-bond acceptors (Lipinski definition) is 3. The van der Waals surface area contributed by atoms with E-state index in [0.717, 1.165) is 5.56 Å². The lowest BCUT2D eigenvalue weighted by Gasteiger charge is -2.18. The third-order valence-electron chi connectivity index (χ3n) is 3.10. The lowest BCUT2D eigenvalue weighted by molar-refractivity contribution is -0.129. The van der Waals surface area contributed by atoms with Crippen LogP contribution >= 0.6 is 0 Å². The average molecular weight is 278 g/mol. The summed E-state index contributed by atoms with van der Waals surface area (Å²) in [4.78, 5) is 25.2. The van der Waals surface area contributed by atoms with E-state index in [1.807, 2.05) is 19.1 Å². The van der Waals surface area contributed by atoms with Gasteiger partial charge in [-0.2, -0.15) is 0 Å². The highest BCUT2D eigenvalue weighted by molar-refractivity contribution is 5.97. The van der Waals surface area contributed by atoms with Crippen molar-refractivity contribution in [1.29, 1.82) is 0 Å². The van der Waals surface area contributed by atoms with Gasteiger partial charge in [-0.1, -0.05) is 18.2 Å². The monoisotopic (exact) mass is 278 g/mol. The van der Waals surface area contributed by atoms with Gasteiger partial charge in [-0.25, -0.2) is 0 Å². The van der Waals surface area contributed by atoms with Gasteiger partial charge < -0.3 is 15.3 Å². The third-order valence-corrected chi connectivity index (χ3v) is 3.10. The summed E-state index contributed by atoms with van der Waals surface area (Å²) < 4.78 is 0. The van der Waals surface area contributed by atoms with Crippen molar-refractivity contribution >= 4 is 11.8 Å². The predicted octanol–water partition coefficient (Wildman–Crippen LogP) is 0.954. The van der Waals surface area contributed by atoms with Gasteiger partial charge >= 0.3 is 0 Å².